The number of sulfonamides is 1. The van der Waals surface area contributed by atoms with Crippen LogP contribution in [0.4, 0.5) is 5.13 Å². The molecule has 0 radical (unpaired) electrons. The molecule has 140 valence electrons. The van der Waals surface area contributed by atoms with Crippen LogP contribution < -0.4 is 5.32 Å². The van der Waals surface area contributed by atoms with Crippen LogP contribution in [0.25, 0.3) is 10.6 Å². The lowest BCUT2D eigenvalue weighted by atomic mass is 10.2. The van der Waals surface area contributed by atoms with Gasteiger partial charge in [-0.15, -0.1) is 21.5 Å². The van der Waals surface area contributed by atoms with Crippen molar-refractivity contribution in [3.05, 3.63) is 46.7 Å². The summed E-state index contributed by atoms with van der Waals surface area (Å²) < 4.78 is 27.0. The molecule has 0 atom stereocenters. The third-order valence-corrected chi connectivity index (χ3v) is 8.06. The van der Waals surface area contributed by atoms with Crippen molar-refractivity contribution in [2.75, 3.05) is 18.4 Å². The molecule has 1 aromatic carbocycles. The highest BCUT2D eigenvalue weighted by Gasteiger charge is 2.32. The van der Waals surface area contributed by atoms with Crippen LogP contribution in [-0.4, -0.2) is 41.9 Å². The van der Waals surface area contributed by atoms with Crippen molar-refractivity contribution in [3.63, 3.8) is 0 Å². The summed E-state index contributed by atoms with van der Waals surface area (Å²) >= 11 is 2.35. The molecule has 1 amide bonds. The van der Waals surface area contributed by atoms with Gasteiger partial charge in [0.05, 0.1) is 0 Å². The summed E-state index contributed by atoms with van der Waals surface area (Å²) in [5.74, 6) is -0.487. The van der Waals surface area contributed by atoms with Gasteiger partial charge in [-0.1, -0.05) is 41.7 Å². The number of rotatable bonds is 5. The molecular weight excluding hydrogens is 404 g/mol. The largest absolute Gasteiger partial charge is 0.296 e. The van der Waals surface area contributed by atoms with E-state index in [0.29, 0.717) is 23.2 Å². The topological polar surface area (TPSA) is 92.3 Å². The lowest BCUT2D eigenvalue weighted by molar-refractivity contribution is 0.102. The number of hydrogen-bond donors (Lipinski definition) is 1. The van der Waals surface area contributed by atoms with Gasteiger partial charge in [0.25, 0.3) is 5.91 Å². The Labute approximate surface area is 164 Å². The van der Waals surface area contributed by atoms with Crippen LogP contribution in [0, 0.1) is 0 Å². The number of amides is 1. The van der Waals surface area contributed by atoms with Crippen LogP contribution in [0.15, 0.2) is 46.7 Å². The average molecular weight is 421 g/mol. The maximum atomic E-state index is 12.8. The van der Waals surface area contributed by atoms with E-state index in [1.165, 1.54) is 21.7 Å². The van der Waals surface area contributed by atoms with Crippen molar-refractivity contribution < 1.29 is 13.2 Å². The van der Waals surface area contributed by atoms with Gasteiger partial charge < -0.3 is 0 Å². The number of benzene rings is 1. The number of nitrogens with zero attached hydrogens (tertiary/aromatic N) is 3. The van der Waals surface area contributed by atoms with Crippen molar-refractivity contribution >= 4 is 43.7 Å². The van der Waals surface area contributed by atoms with Gasteiger partial charge in [0, 0.05) is 18.7 Å². The fourth-order valence-electron chi connectivity index (χ4n) is 2.86. The minimum atomic E-state index is -3.65. The molecule has 0 spiro atoms. The van der Waals surface area contributed by atoms with E-state index in [4.69, 9.17) is 0 Å². The summed E-state index contributed by atoms with van der Waals surface area (Å²) in [4.78, 5) is 12.9. The third-order valence-electron chi connectivity index (χ3n) is 4.18. The molecule has 0 bridgehead atoms. The smallest absolute Gasteiger partial charge is 0.268 e. The summed E-state index contributed by atoms with van der Waals surface area (Å²) in [6.45, 7) is 0.992. The molecule has 0 aliphatic carbocycles. The monoisotopic (exact) mass is 420 g/mol. The first-order valence-electron chi connectivity index (χ1n) is 8.33. The first-order valence-corrected chi connectivity index (χ1v) is 11.5. The minimum Gasteiger partial charge on any atom is -0.296 e. The summed E-state index contributed by atoms with van der Waals surface area (Å²) in [7, 11) is -3.65. The maximum Gasteiger partial charge on any atom is 0.268 e. The van der Waals surface area contributed by atoms with Gasteiger partial charge in [-0.25, -0.2) is 8.42 Å². The Hall–Kier alpha value is -2.14. The van der Waals surface area contributed by atoms with Crippen LogP contribution in [-0.2, 0) is 10.0 Å². The number of carbonyl (C=O) groups is 1. The number of nitrogens with one attached hydrogen (secondary N) is 1. The minimum absolute atomic E-state index is 0.0553. The van der Waals surface area contributed by atoms with E-state index in [1.807, 2.05) is 30.3 Å². The van der Waals surface area contributed by atoms with Gasteiger partial charge in [-0.2, -0.15) is 4.31 Å². The molecule has 1 N–H and O–H groups in total. The van der Waals surface area contributed by atoms with E-state index in [-0.39, 0.29) is 9.77 Å². The van der Waals surface area contributed by atoms with E-state index in [1.54, 1.807) is 5.38 Å². The average Bonchev–Trinajstić information content (AvgIpc) is 3.42. The van der Waals surface area contributed by atoms with Crippen LogP contribution in [0.3, 0.4) is 0 Å². The van der Waals surface area contributed by atoms with Crippen LogP contribution >= 0.6 is 22.7 Å². The van der Waals surface area contributed by atoms with Gasteiger partial charge in [0.2, 0.25) is 15.2 Å². The Morgan fingerprint density at radius 1 is 1.07 bits per heavy atom. The van der Waals surface area contributed by atoms with E-state index >= 15 is 0 Å². The predicted octanol–water partition coefficient (Wildman–Crippen LogP) is 3.30. The molecule has 1 aliphatic heterocycles. The van der Waals surface area contributed by atoms with Crippen molar-refractivity contribution in [1.29, 1.82) is 0 Å². The van der Waals surface area contributed by atoms with Gasteiger partial charge in [-0.3, -0.25) is 10.1 Å². The molecule has 7 nitrogen and oxygen atoms in total. The lowest BCUT2D eigenvalue weighted by Crippen LogP contribution is -2.29. The maximum absolute atomic E-state index is 12.8. The second kappa shape index (κ2) is 7.47. The number of aromatic nitrogens is 2. The second-order valence-corrected chi connectivity index (χ2v) is 9.76. The molecule has 2 aromatic heterocycles. The molecule has 3 aromatic rings. The highest BCUT2D eigenvalue weighted by atomic mass is 32.2. The van der Waals surface area contributed by atoms with Gasteiger partial charge in [-0.05, 0) is 24.3 Å². The lowest BCUT2D eigenvalue weighted by Gasteiger charge is -2.15. The molecule has 1 aliphatic rings. The van der Waals surface area contributed by atoms with Crippen LogP contribution in [0.2, 0.25) is 0 Å². The summed E-state index contributed by atoms with van der Waals surface area (Å²) in [6.07, 6.45) is 1.69. The Balaban J connectivity index is 1.55. The summed E-state index contributed by atoms with van der Waals surface area (Å²) in [6, 6.07) is 11.0. The fraction of sp³-hybridized carbons (Fsp3) is 0.235. The molecular formula is C17H16N4O3S3. The number of thiophene rings is 1. The molecule has 27 heavy (non-hydrogen) atoms. The molecule has 0 unspecified atom stereocenters. The number of anilines is 1. The number of carbonyl (C=O) groups excluding carboxylic acids is 1. The van der Waals surface area contributed by atoms with Crippen molar-refractivity contribution in [2.24, 2.45) is 0 Å². The van der Waals surface area contributed by atoms with Crippen molar-refractivity contribution in [3.8, 4) is 10.6 Å². The highest BCUT2D eigenvalue weighted by molar-refractivity contribution is 7.89. The SMILES string of the molecule is O=C(Nc1nnc(-c2ccccc2)s1)c1sccc1S(=O)(=O)N1CCCC1. The van der Waals surface area contributed by atoms with Crippen LogP contribution in [0.1, 0.15) is 22.5 Å². The molecule has 0 saturated carbocycles. The van der Waals surface area contributed by atoms with E-state index in [0.717, 1.165) is 29.7 Å². The Bertz CT molecular complexity index is 1050. The first-order chi connectivity index (χ1) is 13.1. The quantitative estimate of drug-likeness (QED) is 0.684. The standard InChI is InChI=1S/C17H16N4O3S3/c22-15(18-17-20-19-16(26-17)12-6-2-1-3-7-12)14-13(8-11-25-14)27(23,24)21-9-4-5-10-21/h1-3,6-8,11H,4-5,9-10H2,(H,18,20,22). The zero-order valence-corrected chi connectivity index (χ0v) is 16.6. The molecule has 3 heterocycles. The molecule has 1 fully saturated rings. The van der Waals surface area contributed by atoms with Gasteiger partial charge in [0.1, 0.15) is 14.8 Å². The van der Waals surface area contributed by atoms with Gasteiger partial charge in [0.15, 0.2) is 0 Å². The number of hydrogen-bond acceptors (Lipinski definition) is 7. The zero-order chi connectivity index (χ0) is 18.9. The Morgan fingerprint density at radius 2 is 1.81 bits per heavy atom. The van der Waals surface area contributed by atoms with Gasteiger partial charge >= 0.3 is 0 Å². The molecule has 10 heteroatoms. The van der Waals surface area contributed by atoms with Crippen molar-refractivity contribution in [1.82, 2.24) is 14.5 Å². The molecule has 1 saturated heterocycles. The third kappa shape index (κ3) is 3.65. The summed E-state index contributed by atoms with van der Waals surface area (Å²) in [5.41, 5.74) is 0.906. The first kappa shape index (κ1) is 18.2. The van der Waals surface area contributed by atoms with E-state index in [9.17, 15) is 13.2 Å². The second-order valence-electron chi connectivity index (χ2n) is 5.96. The zero-order valence-electron chi connectivity index (χ0n) is 14.2. The molecule has 4 rings (SSSR count). The highest BCUT2D eigenvalue weighted by Crippen LogP contribution is 2.30. The predicted molar refractivity (Wildman–Crippen MR) is 106 cm³/mol. The van der Waals surface area contributed by atoms with E-state index in [2.05, 4.69) is 15.5 Å². The van der Waals surface area contributed by atoms with Crippen molar-refractivity contribution in [2.45, 2.75) is 17.7 Å². The van der Waals surface area contributed by atoms with Crippen LogP contribution in [0.5, 0.6) is 0 Å². The Morgan fingerprint density at radius 3 is 2.56 bits per heavy atom. The Kier molecular flexibility index (Phi) is 5.04. The normalized spacial score (nSPS) is 15.1. The van der Waals surface area contributed by atoms with E-state index < -0.39 is 15.9 Å². The fourth-order valence-corrected chi connectivity index (χ4v) is 6.42. The summed E-state index contributed by atoms with van der Waals surface area (Å²) in [5, 5.41) is 13.4.